The van der Waals surface area contributed by atoms with E-state index in [4.69, 9.17) is 4.74 Å². The molecule has 0 radical (unpaired) electrons. The van der Waals surface area contributed by atoms with Crippen LogP contribution in [0.5, 0.6) is 0 Å². The Bertz CT molecular complexity index is 792. The molecule has 8 nitrogen and oxygen atoms in total. The number of carbonyl (C=O) groups is 4. The van der Waals surface area contributed by atoms with Gasteiger partial charge in [0.05, 0.1) is 0 Å². The molecule has 2 aliphatic rings. The predicted octanol–water partition coefficient (Wildman–Crippen LogP) is 1.88. The highest BCUT2D eigenvalue weighted by atomic mass is 16.5. The van der Waals surface area contributed by atoms with Gasteiger partial charge in [-0.2, -0.15) is 0 Å². The maximum atomic E-state index is 12.3. The molecule has 0 aliphatic carbocycles. The van der Waals surface area contributed by atoms with E-state index in [1.54, 1.807) is 34.1 Å². The second kappa shape index (κ2) is 10.2. The van der Waals surface area contributed by atoms with Gasteiger partial charge in [0.25, 0.3) is 11.8 Å². The lowest BCUT2D eigenvalue weighted by atomic mass is 10.00. The van der Waals surface area contributed by atoms with Crippen molar-refractivity contribution in [3.8, 4) is 0 Å². The zero-order valence-corrected chi connectivity index (χ0v) is 17.4. The fourth-order valence-electron chi connectivity index (χ4n) is 4.00. The molecule has 1 atom stereocenters. The summed E-state index contributed by atoms with van der Waals surface area (Å²) in [6, 6.07) is 6.89. The molecule has 2 heterocycles. The number of benzene rings is 1. The summed E-state index contributed by atoms with van der Waals surface area (Å²) >= 11 is 0. The molecule has 2 aliphatic heterocycles. The quantitative estimate of drug-likeness (QED) is 0.686. The minimum Gasteiger partial charge on any atom is -0.454 e. The Labute approximate surface area is 176 Å². The summed E-state index contributed by atoms with van der Waals surface area (Å²) in [4.78, 5) is 51.8. The molecule has 0 spiro atoms. The van der Waals surface area contributed by atoms with Gasteiger partial charge in [-0.25, -0.2) is 0 Å². The molecule has 8 heteroatoms. The van der Waals surface area contributed by atoms with Crippen LogP contribution in [0.4, 0.5) is 5.69 Å². The van der Waals surface area contributed by atoms with E-state index in [0.29, 0.717) is 25.1 Å². The molecule has 2 saturated heterocycles. The van der Waals surface area contributed by atoms with Crippen molar-refractivity contribution < 1.29 is 23.9 Å². The van der Waals surface area contributed by atoms with Gasteiger partial charge in [-0.15, -0.1) is 0 Å². The maximum Gasteiger partial charge on any atom is 0.325 e. The average molecular weight is 415 g/mol. The summed E-state index contributed by atoms with van der Waals surface area (Å²) in [7, 11) is 0. The van der Waals surface area contributed by atoms with Crippen molar-refractivity contribution in [3.05, 3.63) is 29.8 Å². The van der Waals surface area contributed by atoms with Crippen LogP contribution in [0.15, 0.2) is 24.3 Å². The molecule has 1 aromatic rings. The van der Waals surface area contributed by atoms with E-state index in [2.05, 4.69) is 5.32 Å². The van der Waals surface area contributed by atoms with Gasteiger partial charge in [0.15, 0.2) is 6.61 Å². The number of anilines is 1. The third-order valence-electron chi connectivity index (χ3n) is 5.68. The number of rotatable bonds is 7. The van der Waals surface area contributed by atoms with Crippen molar-refractivity contribution in [2.75, 3.05) is 31.1 Å². The van der Waals surface area contributed by atoms with E-state index in [0.717, 1.165) is 37.8 Å². The zero-order chi connectivity index (χ0) is 21.5. The van der Waals surface area contributed by atoms with Crippen LogP contribution in [0.25, 0.3) is 0 Å². The molecule has 2 fully saturated rings. The molecule has 1 aromatic carbocycles. The number of amides is 3. The van der Waals surface area contributed by atoms with Crippen LogP contribution in [-0.4, -0.2) is 60.9 Å². The van der Waals surface area contributed by atoms with Gasteiger partial charge >= 0.3 is 5.97 Å². The number of hydrogen-bond acceptors (Lipinski definition) is 5. The minimum atomic E-state index is -0.652. The van der Waals surface area contributed by atoms with Crippen LogP contribution in [0.2, 0.25) is 0 Å². The van der Waals surface area contributed by atoms with Gasteiger partial charge < -0.3 is 19.9 Å². The van der Waals surface area contributed by atoms with E-state index in [1.165, 1.54) is 0 Å². The number of hydrogen-bond donors (Lipinski definition) is 1. The normalized spacial score (nSPS) is 19.0. The first kappa shape index (κ1) is 21.8. The highest BCUT2D eigenvalue weighted by Gasteiger charge is 2.26. The molecule has 30 heavy (non-hydrogen) atoms. The number of piperidine rings is 1. The summed E-state index contributed by atoms with van der Waals surface area (Å²) in [5.74, 6) is -1.17. The third-order valence-corrected chi connectivity index (χ3v) is 5.68. The summed E-state index contributed by atoms with van der Waals surface area (Å²) in [5, 5.41) is 2.50. The van der Waals surface area contributed by atoms with Crippen LogP contribution in [0.3, 0.4) is 0 Å². The third kappa shape index (κ3) is 5.37. The van der Waals surface area contributed by atoms with Crippen LogP contribution < -0.4 is 10.2 Å². The van der Waals surface area contributed by atoms with Crippen molar-refractivity contribution in [1.82, 2.24) is 10.2 Å². The van der Waals surface area contributed by atoms with Crippen LogP contribution in [0, 0.1) is 0 Å². The Morgan fingerprint density at radius 3 is 2.53 bits per heavy atom. The van der Waals surface area contributed by atoms with Gasteiger partial charge in [-0.1, -0.05) is 6.92 Å². The van der Waals surface area contributed by atoms with Crippen molar-refractivity contribution in [3.63, 3.8) is 0 Å². The smallest absolute Gasteiger partial charge is 0.325 e. The molecule has 0 bridgehead atoms. The SMILES string of the molecule is CC[C@@H]1CCCCN1C(=O)COC(=O)CNC(=O)c1ccc(N2CCCC2=O)cc1. The molecule has 0 unspecified atom stereocenters. The molecule has 162 valence electrons. The van der Waals surface area contributed by atoms with Gasteiger partial charge in [-0.05, 0) is 56.4 Å². The van der Waals surface area contributed by atoms with E-state index < -0.39 is 11.9 Å². The summed E-state index contributed by atoms with van der Waals surface area (Å²) in [6.45, 7) is 2.82. The molecule has 3 rings (SSSR count). The van der Waals surface area contributed by atoms with E-state index >= 15 is 0 Å². The second-order valence-corrected chi connectivity index (χ2v) is 7.68. The fraction of sp³-hybridized carbons (Fsp3) is 0.545. The molecule has 0 aromatic heterocycles. The van der Waals surface area contributed by atoms with Gasteiger partial charge in [0.1, 0.15) is 6.54 Å². The monoisotopic (exact) mass is 415 g/mol. The van der Waals surface area contributed by atoms with Crippen LogP contribution in [-0.2, 0) is 19.1 Å². The number of ether oxygens (including phenoxy) is 1. The number of likely N-dealkylation sites (tertiary alicyclic amines) is 1. The lowest BCUT2D eigenvalue weighted by Crippen LogP contribution is -2.45. The Hall–Kier alpha value is -2.90. The lowest BCUT2D eigenvalue weighted by Gasteiger charge is -2.35. The largest absolute Gasteiger partial charge is 0.454 e. The maximum absolute atomic E-state index is 12.3. The standard InChI is InChI=1S/C22H29N3O5/c1-2-17-6-3-4-12-24(17)20(27)15-30-21(28)14-23-22(29)16-8-10-18(11-9-16)25-13-5-7-19(25)26/h8-11,17H,2-7,12-15H2,1H3,(H,23,29)/t17-/m1/s1. The summed E-state index contributed by atoms with van der Waals surface area (Å²) < 4.78 is 5.05. The zero-order valence-electron chi connectivity index (χ0n) is 17.4. The average Bonchev–Trinajstić information content (AvgIpc) is 3.21. The molecular weight excluding hydrogens is 386 g/mol. The van der Waals surface area contributed by atoms with Crippen molar-refractivity contribution in [1.29, 1.82) is 0 Å². The summed E-state index contributed by atoms with van der Waals surface area (Å²) in [5.41, 5.74) is 1.14. The van der Waals surface area contributed by atoms with Crippen molar-refractivity contribution in [2.45, 2.75) is 51.5 Å². The predicted molar refractivity (Wildman–Crippen MR) is 111 cm³/mol. The Kier molecular flexibility index (Phi) is 7.43. The minimum absolute atomic E-state index is 0.0827. The first-order valence-electron chi connectivity index (χ1n) is 10.6. The number of nitrogens with zero attached hydrogens (tertiary/aromatic N) is 2. The number of nitrogens with one attached hydrogen (secondary N) is 1. The first-order valence-corrected chi connectivity index (χ1v) is 10.6. The van der Waals surface area contributed by atoms with Crippen LogP contribution >= 0.6 is 0 Å². The fourth-order valence-corrected chi connectivity index (χ4v) is 4.00. The Morgan fingerprint density at radius 1 is 1.10 bits per heavy atom. The number of esters is 1. The Balaban J connectivity index is 1.42. The molecule has 1 N–H and O–H groups in total. The topological polar surface area (TPSA) is 96.0 Å². The van der Waals surface area contributed by atoms with E-state index in [1.807, 2.05) is 6.92 Å². The van der Waals surface area contributed by atoms with E-state index in [-0.39, 0.29) is 31.0 Å². The van der Waals surface area contributed by atoms with Gasteiger partial charge in [0.2, 0.25) is 5.91 Å². The van der Waals surface area contributed by atoms with Crippen LogP contribution in [0.1, 0.15) is 55.8 Å². The van der Waals surface area contributed by atoms with E-state index in [9.17, 15) is 19.2 Å². The van der Waals surface area contributed by atoms with Crippen molar-refractivity contribution in [2.24, 2.45) is 0 Å². The molecule has 0 saturated carbocycles. The summed E-state index contributed by atoms with van der Waals surface area (Å²) in [6.07, 6.45) is 5.34. The molecule has 3 amide bonds. The number of carbonyl (C=O) groups excluding carboxylic acids is 4. The van der Waals surface area contributed by atoms with Gasteiger partial charge in [-0.3, -0.25) is 19.2 Å². The highest BCUT2D eigenvalue weighted by molar-refractivity contribution is 5.98. The molecular formula is C22H29N3O5. The Morgan fingerprint density at radius 2 is 1.87 bits per heavy atom. The lowest BCUT2D eigenvalue weighted by molar-refractivity contribution is -0.152. The second-order valence-electron chi connectivity index (χ2n) is 7.68. The first-order chi connectivity index (χ1) is 14.5. The van der Waals surface area contributed by atoms with Crippen molar-refractivity contribution >= 4 is 29.4 Å². The van der Waals surface area contributed by atoms with Gasteiger partial charge in [0, 0.05) is 36.8 Å². The highest BCUT2D eigenvalue weighted by Crippen LogP contribution is 2.22.